The summed E-state index contributed by atoms with van der Waals surface area (Å²) in [5.74, 6) is 0.893. The number of benzene rings is 1. The quantitative estimate of drug-likeness (QED) is 0.347. The third kappa shape index (κ3) is 6.82. The Morgan fingerprint density at radius 2 is 2.11 bits per heavy atom. The Kier molecular flexibility index (Phi) is 9.68. The first kappa shape index (κ1) is 22.3. The molecule has 27 heavy (non-hydrogen) atoms. The monoisotopic (exact) mass is 486 g/mol. The second-order valence-corrected chi connectivity index (χ2v) is 7.34. The van der Waals surface area contributed by atoms with E-state index in [0.717, 1.165) is 32.1 Å². The Balaban J connectivity index is 0.00000261. The molecule has 2 saturated heterocycles. The minimum atomic E-state index is 0. The van der Waals surface area contributed by atoms with Gasteiger partial charge in [-0.25, -0.2) is 0 Å². The van der Waals surface area contributed by atoms with Crippen molar-refractivity contribution in [3.63, 3.8) is 0 Å². The maximum atomic E-state index is 5.69. The number of rotatable bonds is 7. The van der Waals surface area contributed by atoms with Gasteiger partial charge in [0.15, 0.2) is 5.96 Å². The third-order valence-electron chi connectivity index (χ3n) is 5.28. The molecule has 2 aliphatic heterocycles. The summed E-state index contributed by atoms with van der Waals surface area (Å²) in [6, 6.07) is 9.13. The van der Waals surface area contributed by atoms with Crippen LogP contribution in [0.5, 0.6) is 0 Å². The van der Waals surface area contributed by atoms with Gasteiger partial charge in [-0.05, 0) is 63.6 Å². The molecule has 5 nitrogen and oxygen atoms in total. The topological polar surface area (TPSA) is 48.9 Å². The number of hydrogen-bond acceptors (Lipinski definition) is 3. The molecule has 0 spiro atoms. The van der Waals surface area contributed by atoms with Gasteiger partial charge in [-0.15, -0.1) is 24.0 Å². The van der Waals surface area contributed by atoms with Crippen molar-refractivity contribution in [3.05, 3.63) is 29.8 Å². The van der Waals surface area contributed by atoms with Crippen LogP contribution in [0.4, 0.5) is 5.69 Å². The van der Waals surface area contributed by atoms with Crippen LogP contribution in [-0.4, -0.2) is 44.8 Å². The maximum absolute atomic E-state index is 5.69. The van der Waals surface area contributed by atoms with Crippen LogP contribution in [0.2, 0.25) is 0 Å². The van der Waals surface area contributed by atoms with Gasteiger partial charge in [0.2, 0.25) is 0 Å². The first-order valence-electron chi connectivity index (χ1n) is 10.3. The van der Waals surface area contributed by atoms with Gasteiger partial charge in [-0.1, -0.05) is 12.1 Å². The van der Waals surface area contributed by atoms with E-state index >= 15 is 0 Å². The molecular formula is C21H35IN4O. The van der Waals surface area contributed by atoms with Crippen LogP contribution in [0, 0.1) is 0 Å². The number of anilines is 1. The first-order chi connectivity index (χ1) is 12.8. The summed E-state index contributed by atoms with van der Waals surface area (Å²) in [5, 5.41) is 6.92. The fourth-order valence-electron chi connectivity index (χ4n) is 3.77. The Hall–Kier alpha value is -1.02. The summed E-state index contributed by atoms with van der Waals surface area (Å²) in [4.78, 5) is 7.23. The van der Waals surface area contributed by atoms with Gasteiger partial charge in [-0.2, -0.15) is 0 Å². The highest BCUT2D eigenvalue weighted by Gasteiger charge is 2.16. The molecule has 2 atom stereocenters. The molecule has 3 rings (SSSR count). The van der Waals surface area contributed by atoms with E-state index in [1.165, 1.54) is 50.0 Å². The molecule has 2 N–H and O–H groups in total. The lowest BCUT2D eigenvalue weighted by Gasteiger charge is -2.22. The minimum absolute atomic E-state index is 0. The van der Waals surface area contributed by atoms with Gasteiger partial charge in [0.05, 0.1) is 12.1 Å². The lowest BCUT2D eigenvalue weighted by Crippen LogP contribution is -2.39. The molecule has 0 radical (unpaired) electrons. The highest BCUT2D eigenvalue weighted by Crippen LogP contribution is 2.24. The van der Waals surface area contributed by atoms with Crippen molar-refractivity contribution in [2.75, 3.05) is 37.7 Å². The Morgan fingerprint density at radius 1 is 1.30 bits per heavy atom. The van der Waals surface area contributed by atoms with Crippen molar-refractivity contribution in [2.45, 2.75) is 58.1 Å². The van der Waals surface area contributed by atoms with Gasteiger partial charge < -0.3 is 20.3 Å². The summed E-state index contributed by atoms with van der Waals surface area (Å²) in [6.45, 7) is 9.26. The van der Waals surface area contributed by atoms with Crippen molar-refractivity contribution < 1.29 is 4.74 Å². The van der Waals surface area contributed by atoms with Crippen LogP contribution in [0.15, 0.2) is 29.3 Å². The molecule has 2 fully saturated rings. The zero-order valence-corrected chi connectivity index (χ0v) is 19.1. The smallest absolute Gasteiger partial charge is 0.191 e. The number of ether oxygens (including phenoxy) is 1. The summed E-state index contributed by atoms with van der Waals surface area (Å²) in [6.07, 6.45) is 6.39. The van der Waals surface area contributed by atoms with Crippen LogP contribution in [0.25, 0.3) is 0 Å². The Morgan fingerprint density at radius 3 is 2.81 bits per heavy atom. The first-order valence-corrected chi connectivity index (χ1v) is 10.3. The van der Waals surface area contributed by atoms with Crippen molar-refractivity contribution >= 4 is 35.6 Å². The van der Waals surface area contributed by atoms with E-state index in [-0.39, 0.29) is 30.0 Å². The molecule has 2 heterocycles. The predicted molar refractivity (Wildman–Crippen MR) is 124 cm³/mol. The molecule has 152 valence electrons. The number of aliphatic imine (C=N–C) groups is 1. The van der Waals surface area contributed by atoms with Crippen molar-refractivity contribution in [1.29, 1.82) is 0 Å². The molecule has 1 aromatic rings. The lowest BCUT2D eigenvalue weighted by molar-refractivity contribution is 0.106. The Bertz CT molecular complexity index is 583. The van der Waals surface area contributed by atoms with E-state index in [0.29, 0.717) is 6.10 Å². The molecule has 0 saturated carbocycles. The zero-order valence-electron chi connectivity index (χ0n) is 16.7. The molecule has 0 aliphatic carbocycles. The maximum Gasteiger partial charge on any atom is 0.191 e. The summed E-state index contributed by atoms with van der Waals surface area (Å²) in [5.41, 5.74) is 2.65. The second kappa shape index (κ2) is 11.7. The molecule has 1 aromatic carbocycles. The van der Waals surface area contributed by atoms with Gasteiger partial charge in [0, 0.05) is 38.5 Å². The average molecular weight is 486 g/mol. The number of guanidine groups is 1. The molecule has 0 bridgehead atoms. The SMILES string of the molecule is CCNC(=NCCC1CCCO1)NC(C)c1cccc(N2CCCC2)c1.I. The van der Waals surface area contributed by atoms with Crippen LogP contribution in [-0.2, 0) is 4.74 Å². The Labute approximate surface area is 181 Å². The fourth-order valence-corrected chi connectivity index (χ4v) is 3.77. The molecule has 6 heteroatoms. The van der Waals surface area contributed by atoms with Gasteiger partial charge >= 0.3 is 0 Å². The lowest BCUT2D eigenvalue weighted by atomic mass is 10.1. The van der Waals surface area contributed by atoms with E-state index in [1.807, 2.05) is 0 Å². The molecule has 2 aliphatic rings. The van der Waals surface area contributed by atoms with Crippen LogP contribution in [0.1, 0.15) is 57.6 Å². The molecule has 0 amide bonds. The van der Waals surface area contributed by atoms with Crippen molar-refractivity contribution in [1.82, 2.24) is 10.6 Å². The van der Waals surface area contributed by atoms with E-state index in [4.69, 9.17) is 9.73 Å². The van der Waals surface area contributed by atoms with Crippen molar-refractivity contribution in [2.24, 2.45) is 4.99 Å². The molecule has 2 unspecified atom stereocenters. The van der Waals surface area contributed by atoms with Gasteiger partial charge in [-0.3, -0.25) is 4.99 Å². The predicted octanol–water partition coefficient (Wildman–Crippen LogP) is 4.09. The highest BCUT2D eigenvalue weighted by atomic mass is 127. The summed E-state index contributed by atoms with van der Waals surface area (Å²) in [7, 11) is 0. The van der Waals surface area contributed by atoms with E-state index in [1.54, 1.807) is 0 Å². The van der Waals surface area contributed by atoms with E-state index < -0.39 is 0 Å². The average Bonchev–Trinajstić information content (AvgIpc) is 3.36. The summed E-state index contributed by atoms with van der Waals surface area (Å²) < 4.78 is 5.69. The van der Waals surface area contributed by atoms with Gasteiger partial charge in [0.1, 0.15) is 0 Å². The normalized spacial score (nSPS) is 21.0. The van der Waals surface area contributed by atoms with E-state index in [9.17, 15) is 0 Å². The highest BCUT2D eigenvalue weighted by molar-refractivity contribution is 14.0. The third-order valence-corrected chi connectivity index (χ3v) is 5.28. The molecular weight excluding hydrogens is 451 g/mol. The van der Waals surface area contributed by atoms with Crippen LogP contribution < -0.4 is 15.5 Å². The zero-order chi connectivity index (χ0) is 18.2. The largest absolute Gasteiger partial charge is 0.378 e. The number of nitrogens with one attached hydrogen (secondary N) is 2. The van der Waals surface area contributed by atoms with Crippen LogP contribution in [0.3, 0.4) is 0 Å². The minimum Gasteiger partial charge on any atom is -0.378 e. The number of halogens is 1. The number of nitrogens with zero attached hydrogens (tertiary/aromatic N) is 2. The summed E-state index contributed by atoms with van der Waals surface area (Å²) >= 11 is 0. The molecule has 0 aromatic heterocycles. The number of hydrogen-bond donors (Lipinski definition) is 2. The van der Waals surface area contributed by atoms with Gasteiger partial charge in [0.25, 0.3) is 0 Å². The van der Waals surface area contributed by atoms with E-state index in [2.05, 4.69) is 53.6 Å². The fraction of sp³-hybridized carbons (Fsp3) is 0.667. The second-order valence-electron chi connectivity index (χ2n) is 7.34. The van der Waals surface area contributed by atoms with Crippen molar-refractivity contribution in [3.8, 4) is 0 Å². The van der Waals surface area contributed by atoms with Crippen LogP contribution >= 0.6 is 24.0 Å². The standard InChI is InChI=1S/C21H34N4O.HI/c1-3-22-21(23-12-11-20-10-7-15-26-20)24-17(2)18-8-6-9-19(16-18)25-13-4-5-14-25;/h6,8-9,16-17,20H,3-5,7,10-15H2,1-2H3,(H2,22,23,24);1H.